The summed E-state index contributed by atoms with van der Waals surface area (Å²) in [6, 6.07) is 6.94. The van der Waals surface area contributed by atoms with E-state index in [1.807, 2.05) is 6.92 Å². The number of benzene rings is 1. The maximum atomic E-state index is 12.6. The van der Waals surface area contributed by atoms with E-state index in [1.165, 1.54) is 11.1 Å². The predicted octanol–water partition coefficient (Wildman–Crippen LogP) is 2.66. The Bertz CT molecular complexity index is 921. The maximum absolute atomic E-state index is 12.6. The molecular formula is C21H27N3O4. The minimum atomic E-state index is -0.701. The molecule has 1 aliphatic carbocycles. The molecule has 1 aromatic heterocycles. The Morgan fingerprint density at radius 1 is 1.21 bits per heavy atom. The van der Waals surface area contributed by atoms with Crippen LogP contribution in [-0.2, 0) is 16.1 Å². The summed E-state index contributed by atoms with van der Waals surface area (Å²) in [6.45, 7) is 4.11. The van der Waals surface area contributed by atoms with Crippen molar-refractivity contribution in [2.24, 2.45) is 5.92 Å². The lowest BCUT2D eigenvalue weighted by Gasteiger charge is -2.29. The van der Waals surface area contributed by atoms with Crippen LogP contribution in [0.3, 0.4) is 0 Å². The highest BCUT2D eigenvalue weighted by Gasteiger charge is 2.24. The molecule has 0 aliphatic heterocycles. The van der Waals surface area contributed by atoms with Gasteiger partial charge in [0, 0.05) is 18.0 Å². The van der Waals surface area contributed by atoms with Crippen LogP contribution in [0.1, 0.15) is 56.4 Å². The van der Waals surface area contributed by atoms with Gasteiger partial charge in [-0.1, -0.05) is 44.9 Å². The normalized spacial score (nSPS) is 19.4. The van der Waals surface area contributed by atoms with Gasteiger partial charge in [-0.05, 0) is 31.2 Å². The largest absolute Gasteiger partial charge is 0.451 e. The van der Waals surface area contributed by atoms with Crippen LogP contribution < -0.4 is 10.9 Å². The highest BCUT2D eigenvalue weighted by molar-refractivity contribution is 6.02. The van der Waals surface area contributed by atoms with Crippen LogP contribution in [0, 0.1) is 5.92 Å². The molecule has 7 nitrogen and oxygen atoms in total. The molecule has 2 aromatic rings. The fraction of sp³-hybridized carbons (Fsp3) is 0.524. The van der Waals surface area contributed by atoms with Gasteiger partial charge in [0.15, 0.2) is 12.3 Å². The Kier molecular flexibility index (Phi) is 6.44. The number of hydrogen-bond donors (Lipinski definition) is 1. The monoisotopic (exact) mass is 385 g/mol. The molecule has 3 rings (SSSR count). The summed E-state index contributed by atoms with van der Waals surface area (Å²) in [6.07, 6.45) is 5.05. The lowest BCUT2D eigenvalue weighted by atomic mass is 9.86. The van der Waals surface area contributed by atoms with E-state index in [0.29, 0.717) is 29.7 Å². The van der Waals surface area contributed by atoms with Crippen molar-refractivity contribution in [3.05, 3.63) is 40.3 Å². The molecule has 0 saturated heterocycles. The van der Waals surface area contributed by atoms with Crippen molar-refractivity contribution in [1.82, 2.24) is 15.1 Å². The second-order valence-electron chi connectivity index (χ2n) is 7.43. The quantitative estimate of drug-likeness (QED) is 0.772. The van der Waals surface area contributed by atoms with Crippen molar-refractivity contribution in [2.75, 3.05) is 6.61 Å². The number of carbonyl (C=O) groups excluding carboxylic acids is 2. The molecule has 150 valence electrons. The van der Waals surface area contributed by atoms with Crippen LogP contribution in [0.4, 0.5) is 0 Å². The number of ether oxygens (including phenoxy) is 1. The van der Waals surface area contributed by atoms with Crippen molar-refractivity contribution < 1.29 is 14.3 Å². The Morgan fingerprint density at radius 3 is 2.64 bits per heavy atom. The topological polar surface area (TPSA) is 90.3 Å². The van der Waals surface area contributed by atoms with Crippen LogP contribution in [-0.4, -0.2) is 34.3 Å². The Morgan fingerprint density at radius 2 is 1.93 bits per heavy atom. The molecule has 1 amide bonds. The van der Waals surface area contributed by atoms with Crippen molar-refractivity contribution in [2.45, 2.75) is 58.5 Å². The lowest BCUT2D eigenvalue weighted by Crippen LogP contribution is -2.43. The molecule has 28 heavy (non-hydrogen) atoms. The molecule has 2 atom stereocenters. The zero-order valence-electron chi connectivity index (χ0n) is 16.4. The van der Waals surface area contributed by atoms with E-state index in [-0.39, 0.29) is 29.8 Å². The summed E-state index contributed by atoms with van der Waals surface area (Å²) in [5.41, 5.74) is -0.180. The zero-order valence-corrected chi connectivity index (χ0v) is 16.4. The number of aryl methyl sites for hydroxylation is 1. The van der Waals surface area contributed by atoms with Crippen molar-refractivity contribution >= 4 is 22.6 Å². The van der Waals surface area contributed by atoms with Gasteiger partial charge < -0.3 is 10.1 Å². The number of nitrogens with one attached hydrogen (secondary N) is 1. The number of amides is 1. The average molecular weight is 385 g/mol. The third-order valence-corrected chi connectivity index (χ3v) is 5.29. The average Bonchev–Trinajstić information content (AvgIpc) is 2.70. The Balaban J connectivity index is 1.73. The van der Waals surface area contributed by atoms with Crippen molar-refractivity contribution in [1.29, 1.82) is 0 Å². The third-order valence-electron chi connectivity index (χ3n) is 5.29. The molecule has 0 bridgehead atoms. The number of fused-ring (bicyclic) bond motifs is 1. The van der Waals surface area contributed by atoms with E-state index in [1.54, 1.807) is 24.3 Å². The summed E-state index contributed by atoms with van der Waals surface area (Å²) in [7, 11) is 0. The molecule has 1 aliphatic rings. The van der Waals surface area contributed by atoms with E-state index in [2.05, 4.69) is 17.3 Å². The molecule has 0 radical (unpaired) electrons. The number of esters is 1. The third kappa shape index (κ3) is 4.40. The van der Waals surface area contributed by atoms with E-state index >= 15 is 0 Å². The minimum absolute atomic E-state index is 0.0579. The minimum Gasteiger partial charge on any atom is -0.451 e. The number of aromatic nitrogens is 2. The first-order chi connectivity index (χ1) is 13.5. The van der Waals surface area contributed by atoms with Crippen LogP contribution in [0.5, 0.6) is 0 Å². The first-order valence-electron chi connectivity index (χ1n) is 9.97. The highest BCUT2D eigenvalue weighted by atomic mass is 16.5. The molecule has 0 spiro atoms. The van der Waals surface area contributed by atoms with E-state index in [4.69, 9.17) is 4.74 Å². The van der Waals surface area contributed by atoms with Crippen LogP contribution in [0.15, 0.2) is 29.1 Å². The standard InChI is InChI=1S/C21H27N3O4/c1-3-12-24-20(26)16-10-6-5-9-15(16)19(23-24)21(27)28-13-18(25)22-17-11-7-4-8-14(17)2/h5-6,9-10,14,17H,3-4,7-8,11-13H2,1-2H3,(H,22,25)/t14-,17+/m1/s1. The maximum Gasteiger partial charge on any atom is 0.359 e. The van der Waals surface area contributed by atoms with E-state index in [9.17, 15) is 14.4 Å². The fourth-order valence-electron chi connectivity index (χ4n) is 3.73. The second-order valence-corrected chi connectivity index (χ2v) is 7.43. The lowest BCUT2D eigenvalue weighted by molar-refractivity contribution is -0.125. The molecule has 0 unspecified atom stereocenters. The van der Waals surface area contributed by atoms with Gasteiger partial charge in [0.2, 0.25) is 0 Å². The number of nitrogens with zero attached hydrogens (tertiary/aromatic N) is 2. The van der Waals surface area contributed by atoms with E-state index in [0.717, 1.165) is 19.3 Å². The molecule has 1 heterocycles. The van der Waals surface area contributed by atoms with Gasteiger partial charge in [0.05, 0.1) is 5.39 Å². The fourth-order valence-corrected chi connectivity index (χ4v) is 3.73. The Hall–Kier alpha value is -2.70. The first-order valence-corrected chi connectivity index (χ1v) is 9.97. The first kappa shape index (κ1) is 20.0. The SMILES string of the molecule is CCCn1nc(C(=O)OCC(=O)N[C@H]2CCCC[C@H]2C)c2ccccc2c1=O. The van der Waals surface area contributed by atoms with E-state index < -0.39 is 5.97 Å². The van der Waals surface area contributed by atoms with Gasteiger partial charge in [-0.15, -0.1) is 0 Å². The Labute approximate surface area is 164 Å². The molecule has 7 heteroatoms. The summed E-state index contributed by atoms with van der Waals surface area (Å²) in [5, 5.41) is 8.01. The van der Waals surface area contributed by atoms with Gasteiger partial charge in [-0.2, -0.15) is 5.10 Å². The highest BCUT2D eigenvalue weighted by Crippen LogP contribution is 2.23. The van der Waals surface area contributed by atoms with Crippen LogP contribution in [0.25, 0.3) is 10.8 Å². The van der Waals surface area contributed by atoms with Crippen LogP contribution in [0.2, 0.25) is 0 Å². The number of rotatable bonds is 6. The molecule has 1 N–H and O–H groups in total. The van der Waals surface area contributed by atoms with Gasteiger partial charge in [-0.3, -0.25) is 9.59 Å². The van der Waals surface area contributed by atoms with Gasteiger partial charge in [0.1, 0.15) is 0 Å². The zero-order chi connectivity index (χ0) is 20.1. The summed E-state index contributed by atoms with van der Waals surface area (Å²) >= 11 is 0. The molecule has 1 saturated carbocycles. The molecule has 1 aromatic carbocycles. The molecule has 1 fully saturated rings. The van der Waals surface area contributed by atoms with Gasteiger partial charge in [0.25, 0.3) is 11.5 Å². The smallest absolute Gasteiger partial charge is 0.359 e. The predicted molar refractivity (Wildman–Crippen MR) is 106 cm³/mol. The number of carbonyl (C=O) groups is 2. The summed E-state index contributed by atoms with van der Waals surface area (Å²) in [4.78, 5) is 37.3. The van der Waals surface area contributed by atoms with Gasteiger partial charge >= 0.3 is 5.97 Å². The van der Waals surface area contributed by atoms with Crippen LogP contribution >= 0.6 is 0 Å². The second kappa shape index (κ2) is 8.99. The van der Waals surface area contributed by atoms with Crippen molar-refractivity contribution in [3.63, 3.8) is 0 Å². The van der Waals surface area contributed by atoms with Crippen molar-refractivity contribution in [3.8, 4) is 0 Å². The number of hydrogen-bond acceptors (Lipinski definition) is 5. The molecular weight excluding hydrogens is 358 g/mol. The summed E-state index contributed by atoms with van der Waals surface area (Å²) < 4.78 is 6.50. The summed E-state index contributed by atoms with van der Waals surface area (Å²) in [5.74, 6) is -0.581. The van der Waals surface area contributed by atoms with Gasteiger partial charge in [-0.25, -0.2) is 9.48 Å².